The number of nitrogens with one attached hydrogen (secondary N) is 2. The molecule has 0 radical (unpaired) electrons. The van der Waals surface area contributed by atoms with Crippen LogP contribution in [-0.4, -0.2) is 45.8 Å². The molecule has 1 aromatic carbocycles. The van der Waals surface area contributed by atoms with Crippen molar-refractivity contribution >= 4 is 0 Å². The Morgan fingerprint density at radius 3 is 2.82 bits per heavy atom. The van der Waals surface area contributed by atoms with Crippen molar-refractivity contribution < 1.29 is 0 Å². The lowest BCUT2D eigenvalue weighted by atomic mass is 10.0. The van der Waals surface area contributed by atoms with E-state index in [0.29, 0.717) is 0 Å². The van der Waals surface area contributed by atoms with E-state index < -0.39 is 0 Å². The summed E-state index contributed by atoms with van der Waals surface area (Å²) < 4.78 is 0. The van der Waals surface area contributed by atoms with Gasteiger partial charge in [0, 0.05) is 19.1 Å². The molecule has 2 fully saturated rings. The number of benzene rings is 1. The highest BCUT2D eigenvalue weighted by atomic mass is 15.2. The quantitative estimate of drug-likeness (QED) is 0.856. The Balaban J connectivity index is 1.41. The standard InChI is InChI=1S/C17H23N5/c1-2-4-14(5-3-1)16(17-19-12-20-21-17)18-10-13-8-9-22(11-13)15-6-7-15/h1-5,12-13,15-16,18H,6-11H2,(H,19,20,21)/t13-,16+/m1/s1. The monoisotopic (exact) mass is 297 g/mol. The van der Waals surface area contributed by atoms with Crippen LogP contribution in [0.2, 0.25) is 0 Å². The third-order valence-corrected chi connectivity index (χ3v) is 4.83. The van der Waals surface area contributed by atoms with Gasteiger partial charge in [0.25, 0.3) is 0 Å². The molecule has 2 aromatic rings. The van der Waals surface area contributed by atoms with E-state index in [2.05, 4.69) is 49.7 Å². The molecule has 0 unspecified atom stereocenters. The van der Waals surface area contributed by atoms with Crippen LogP contribution < -0.4 is 5.32 Å². The maximum Gasteiger partial charge on any atom is 0.145 e. The molecule has 22 heavy (non-hydrogen) atoms. The lowest BCUT2D eigenvalue weighted by Gasteiger charge is -2.20. The second-order valence-electron chi connectivity index (χ2n) is 6.50. The maximum atomic E-state index is 4.35. The van der Waals surface area contributed by atoms with Crippen LogP contribution in [0.1, 0.15) is 36.7 Å². The molecule has 0 amide bonds. The lowest BCUT2D eigenvalue weighted by molar-refractivity contribution is 0.310. The lowest BCUT2D eigenvalue weighted by Crippen LogP contribution is -2.31. The van der Waals surface area contributed by atoms with Gasteiger partial charge in [0.15, 0.2) is 0 Å². The van der Waals surface area contributed by atoms with Crippen LogP contribution in [0.25, 0.3) is 0 Å². The predicted molar refractivity (Wildman–Crippen MR) is 85.4 cm³/mol. The number of aromatic nitrogens is 3. The van der Waals surface area contributed by atoms with Gasteiger partial charge in [-0.3, -0.25) is 5.10 Å². The van der Waals surface area contributed by atoms with Gasteiger partial charge in [-0.05, 0) is 37.3 Å². The van der Waals surface area contributed by atoms with Gasteiger partial charge < -0.3 is 10.2 Å². The zero-order valence-electron chi connectivity index (χ0n) is 12.8. The van der Waals surface area contributed by atoms with Crippen molar-refractivity contribution in [3.63, 3.8) is 0 Å². The molecule has 5 nitrogen and oxygen atoms in total. The highest BCUT2D eigenvalue weighted by Gasteiger charge is 2.34. The van der Waals surface area contributed by atoms with Gasteiger partial charge in [0.2, 0.25) is 0 Å². The summed E-state index contributed by atoms with van der Waals surface area (Å²) in [5.74, 6) is 1.64. The Bertz CT molecular complexity index is 578. The zero-order chi connectivity index (χ0) is 14.8. The van der Waals surface area contributed by atoms with E-state index in [1.54, 1.807) is 6.33 Å². The number of rotatable bonds is 6. The summed E-state index contributed by atoms with van der Waals surface area (Å²) in [6.45, 7) is 3.55. The molecule has 1 aliphatic heterocycles. The van der Waals surface area contributed by atoms with Crippen molar-refractivity contribution in [2.45, 2.75) is 31.3 Å². The zero-order valence-corrected chi connectivity index (χ0v) is 12.8. The minimum atomic E-state index is 0.0960. The predicted octanol–water partition coefficient (Wildman–Crippen LogP) is 1.97. The van der Waals surface area contributed by atoms with Gasteiger partial charge in [0.05, 0.1) is 6.04 Å². The normalized spacial score (nSPS) is 23.7. The number of H-pyrrole nitrogens is 1. The van der Waals surface area contributed by atoms with Crippen LogP contribution in [-0.2, 0) is 0 Å². The van der Waals surface area contributed by atoms with E-state index in [4.69, 9.17) is 0 Å². The molecule has 2 N–H and O–H groups in total. The summed E-state index contributed by atoms with van der Waals surface area (Å²) in [6.07, 6.45) is 5.70. The van der Waals surface area contributed by atoms with Crippen molar-refractivity contribution in [3.8, 4) is 0 Å². The van der Waals surface area contributed by atoms with Crippen LogP contribution in [0.4, 0.5) is 0 Å². The molecular weight excluding hydrogens is 274 g/mol. The van der Waals surface area contributed by atoms with Crippen molar-refractivity contribution in [2.75, 3.05) is 19.6 Å². The molecule has 0 spiro atoms. The first-order chi connectivity index (χ1) is 10.9. The van der Waals surface area contributed by atoms with Crippen LogP contribution >= 0.6 is 0 Å². The third kappa shape index (κ3) is 3.05. The molecule has 0 bridgehead atoms. The van der Waals surface area contributed by atoms with Crippen LogP contribution in [0.15, 0.2) is 36.7 Å². The molecule has 1 saturated heterocycles. The molecular formula is C17H23N5. The first kappa shape index (κ1) is 13.9. The topological polar surface area (TPSA) is 56.8 Å². The summed E-state index contributed by atoms with van der Waals surface area (Å²) in [5.41, 5.74) is 1.23. The summed E-state index contributed by atoms with van der Waals surface area (Å²) >= 11 is 0. The van der Waals surface area contributed by atoms with E-state index in [0.717, 1.165) is 24.3 Å². The Kier molecular flexibility index (Phi) is 3.91. The van der Waals surface area contributed by atoms with Crippen molar-refractivity contribution in [2.24, 2.45) is 5.92 Å². The Morgan fingerprint density at radius 1 is 1.23 bits per heavy atom. The number of nitrogens with zero attached hydrogens (tertiary/aromatic N) is 3. The fourth-order valence-corrected chi connectivity index (χ4v) is 3.46. The fourth-order valence-electron chi connectivity index (χ4n) is 3.46. The average molecular weight is 297 g/mol. The largest absolute Gasteiger partial charge is 0.303 e. The average Bonchev–Trinajstić information content (AvgIpc) is 3.08. The Labute approximate surface area is 131 Å². The molecule has 1 aliphatic carbocycles. The van der Waals surface area contributed by atoms with Gasteiger partial charge in [-0.25, -0.2) is 4.98 Å². The van der Waals surface area contributed by atoms with E-state index in [1.807, 2.05) is 6.07 Å². The summed E-state index contributed by atoms with van der Waals surface area (Å²) in [5, 5.41) is 10.7. The van der Waals surface area contributed by atoms with Crippen LogP contribution in [0.5, 0.6) is 0 Å². The van der Waals surface area contributed by atoms with Crippen molar-refractivity contribution in [3.05, 3.63) is 48.0 Å². The SMILES string of the molecule is c1ccc([C@H](NC[C@H]2CCN(C3CC3)C2)c2ncn[nH]2)cc1. The smallest absolute Gasteiger partial charge is 0.145 e. The number of hydrogen-bond donors (Lipinski definition) is 2. The van der Waals surface area contributed by atoms with Crippen molar-refractivity contribution in [1.29, 1.82) is 0 Å². The highest BCUT2D eigenvalue weighted by Crippen LogP contribution is 2.31. The maximum absolute atomic E-state index is 4.35. The Morgan fingerprint density at radius 2 is 2.09 bits per heavy atom. The molecule has 1 saturated carbocycles. The molecule has 5 heteroatoms. The van der Waals surface area contributed by atoms with Gasteiger partial charge >= 0.3 is 0 Å². The Hall–Kier alpha value is -1.72. The molecule has 1 aromatic heterocycles. The first-order valence-electron chi connectivity index (χ1n) is 8.28. The summed E-state index contributed by atoms with van der Waals surface area (Å²) in [6, 6.07) is 11.5. The minimum Gasteiger partial charge on any atom is -0.303 e. The van der Waals surface area contributed by atoms with Gasteiger partial charge in [-0.1, -0.05) is 30.3 Å². The second-order valence-corrected chi connectivity index (χ2v) is 6.50. The number of likely N-dealkylation sites (tertiary alicyclic amines) is 1. The fraction of sp³-hybridized carbons (Fsp3) is 0.529. The molecule has 116 valence electrons. The minimum absolute atomic E-state index is 0.0960. The van der Waals surface area contributed by atoms with Crippen LogP contribution in [0, 0.1) is 5.92 Å². The first-order valence-corrected chi connectivity index (χ1v) is 8.28. The summed E-state index contributed by atoms with van der Waals surface area (Å²) in [7, 11) is 0. The molecule has 2 aliphatic rings. The van der Waals surface area contributed by atoms with Crippen LogP contribution in [0.3, 0.4) is 0 Å². The van der Waals surface area contributed by atoms with E-state index in [1.165, 1.54) is 37.9 Å². The van der Waals surface area contributed by atoms with Gasteiger partial charge in [-0.15, -0.1) is 0 Å². The highest BCUT2D eigenvalue weighted by molar-refractivity contribution is 5.24. The summed E-state index contributed by atoms with van der Waals surface area (Å²) in [4.78, 5) is 7.02. The molecule has 2 heterocycles. The van der Waals surface area contributed by atoms with E-state index >= 15 is 0 Å². The third-order valence-electron chi connectivity index (χ3n) is 4.83. The number of hydrogen-bond acceptors (Lipinski definition) is 4. The van der Waals surface area contributed by atoms with E-state index in [9.17, 15) is 0 Å². The van der Waals surface area contributed by atoms with Gasteiger partial charge in [-0.2, -0.15) is 5.10 Å². The van der Waals surface area contributed by atoms with Gasteiger partial charge in [0.1, 0.15) is 12.2 Å². The second kappa shape index (κ2) is 6.18. The molecule has 4 rings (SSSR count). The number of aromatic amines is 1. The van der Waals surface area contributed by atoms with Crippen molar-refractivity contribution in [1.82, 2.24) is 25.4 Å². The van der Waals surface area contributed by atoms with E-state index in [-0.39, 0.29) is 6.04 Å². The molecule has 2 atom stereocenters.